The molecule has 0 radical (unpaired) electrons. The van der Waals surface area contributed by atoms with Gasteiger partial charge in [-0.2, -0.15) is 10.1 Å². The summed E-state index contributed by atoms with van der Waals surface area (Å²) in [6, 6.07) is 2.06. The van der Waals surface area contributed by atoms with E-state index in [2.05, 4.69) is 5.10 Å². The zero-order chi connectivity index (χ0) is 12.6. The molecular formula is C9H8N4O4. The number of nitrogen functional groups attached to an aromatic ring is 1. The first-order valence-corrected chi connectivity index (χ1v) is 4.63. The van der Waals surface area contributed by atoms with Gasteiger partial charge in [0.2, 0.25) is 0 Å². The van der Waals surface area contributed by atoms with Crippen LogP contribution in [0.4, 0.5) is 17.1 Å². The summed E-state index contributed by atoms with van der Waals surface area (Å²) in [6.07, 6.45) is 1.43. The van der Waals surface area contributed by atoms with Crippen molar-refractivity contribution >= 4 is 29.2 Å². The summed E-state index contributed by atoms with van der Waals surface area (Å²) in [5.41, 5.74) is 4.85. The molecule has 0 unspecified atom stereocenters. The third-order valence-electron chi connectivity index (χ3n) is 2.24. The Morgan fingerprint density at radius 2 is 2.24 bits per heavy atom. The van der Waals surface area contributed by atoms with Crippen LogP contribution >= 0.6 is 0 Å². The number of amides is 1. The SMILES string of the molecule is Nc1cc([N+](=O)[O-])cc(N2N=CCC2=O)c1O. The summed E-state index contributed by atoms with van der Waals surface area (Å²) in [7, 11) is 0. The highest BCUT2D eigenvalue weighted by Crippen LogP contribution is 2.38. The first-order valence-electron chi connectivity index (χ1n) is 4.63. The quantitative estimate of drug-likeness (QED) is 0.337. The number of nitro groups is 1. The van der Waals surface area contributed by atoms with Crippen LogP contribution in [0.1, 0.15) is 6.42 Å². The zero-order valence-corrected chi connectivity index (χ0v) is 8.53. The number of carbonyl (C=O) groups excluding carboxylic acids is 1. The number of rotatable bonds is 2. The Morgan fingerprint density at radius 3 is 2.76 bits per heavy atom. The van der Waals surface area contributed by atoms with Crippen molar-refractivity contribution in [2.24, 2.45) is 5.10 Å². The lowest BCUT2D eigenvalue weighted by molar-refractivity contribution is -0.384. The lowest BCUT2D eigenvalue weighted by atomic mass is 10.2. The summed E-state index contributed by atoms with van der Waals surface area (Å²) in [5.74, 6) is -0.789. The number of nitro benzene ring substituents is 1. The first-order chi connectivity index (χ1) is 8.00. The highest BCUT2D eigenvalue weighted by Gasteiger charge is 2.25. The monoisotopic (exact) mass is 236 g/mol. The molecule has 1 aliphatic rings. The Labute approximate surface area is 95.1 Å². The van der Waals surface area contributed by atoms with Crippen LogP contribution in [-0.4, -0.2) is 22.2 Å². The van der Waals surface area contributed by atoms with E-state index < -0.39 is 10.7 Å². The Bertz CT molecular complexity index is 540. The van der Waals surface area contributed by atoms with E-state index in [0.29, 0.717) is 0 Å². The summed E-state index contributed by atoms with van der Waals surface area (Å²) >= 11 is 0. The van der Waals surface area contributed by atoms with Gasteiger partial charge in [0, 0.05) is 18.3 Å². The molecule has 0 fully saturated rings. The van der Waals surface area contributed by atoms with Crippen LogP contribution in [-0.2, 0) is 4.79 Å². The van der Waals surface area contributed by atoms with Crippen molar-refractivity contribution in [3.63, 3.8) is 0 Å². The Morgan fingerprint density at radius 1 is 1.53 bits per heavy atom. The number of nitrogens with two attached hydrogens (primary N) is 1. The lowest BCUT2D eigenvalue weighted by Gasteiger charge is -2.14. The maximum Gasteiger partial charge on any atom is 0.273 e. The summed E-state index contributed by atoms with van der Waals surface area (Å²) in [4.78, 5) is 21.4. The molecule has 17 heavy (non-hydrogen) atoms. The Hall–Kier alpha value is -2.64. The van der Waals surface area contributed by atoms with Crippen molar-refractivity contribution in [2.45, 2.75) is 6.42 Å². The second-order valence-corrected chi connectivity index (χ2v) is 3.37. The predicted molar refractivity (Wildman–Crippen MR) is 59.8 cm³/mol. The number of anilines is 2. The molecule has 88 valence electrons. The number of carbonyl (C=O) groups is 1. The molecule has 1 aromatic carbocycles. The molecule has 1 heterocycles. The van der Waals surface area contributed by atoms with Crippen LogP contribution in [0, 0.1) is 10.1 Å². The van der Waals surface area contributed by atoms with E-state index in [1.165, 1.54) is 6.21 Å². The topological polar surface area (TPSA) is 122 Å². The maximum atomic E-state index is 11.4. The molecule has 0 spiro atoms. The number of phenols is 1. The molecule has 3 N–H and O–H groups in total. The van der Waals surface area contributed by atoms with Gasteiger partial charge >= 0.3 is 0 Å². The number of hydrogen-bond acceptors (Lipinski definition) is 6. The normalized spacial score (nSPS) is 14.4. The number of phenolic OH excluding ortho intramolecular Hbond substituents is 1. The summed E-state index contributed by atoms with van der Waals surface area (Å²) < 4.78 is 0. The van der Waals surface area contributed by atoms with Gasteiger partial charge in [0.1, 0.15) is 5.69 Å². The van der Waals surface area contributed by atoms with Crippen LogP contribution in [0.15, 0.2) is 17.2 Å². The van der Waals surface area contributed by atoms with E-state index in [1.807, 2.05) is 0 Å². The second-order valence-electron chi connectivity index (χ2n) is 3.37. The van der Waals surface area contributed by atoms with Crippen molar-refractivity contribution in [1.29, 1.82) is 0 Å². The highest BCUT2D eigenvalue weighted by molar-refractivity contribution is 6.06. The van der Waals surface area contributed by atoms with Gasteiger partial charge in [0.15, 0.2) is 5.75 Å². The summed E-state index contributed by atoms with van der Waals surface area (Å²) in [6.45, 7) is 0. The molecule has 8 heteroatoms. The van der Waals surface area contributed by atoms with E-state index in [-0.39, 0.29) is 29.4 Å². The first kappa shape index (κ1) is 10.9. The molecule has 0 aromatic heterocycles. The van der Waals surface area contributed by atoms with Gasteiger partial charge in [-0.15, -0.1) is 0 Å². The molecule has 0 aliphatic carbocycles. The number of non-ortho nitro benzene ring substituents is 1. The average molecular weight is 236 g/mol. The van der Waals surface area contributed by atoms with Crippen molar-refractivity contribution in [1.82, 2.24) is 0 Å². The number of aromatic hydroxyl groups is 1. The number of hydrogen-bond donors (Lipinski definition) is 2. The molecule has 1 aliphatic heterocycles. The van der Waals surface area contributed by atoms with Gasteiger partial charge in [-0.1, -0.05) is 0 Å². The highest BCUT2D eigenvalue weighted by atomic mass is 16.6. The molecule has 1 amide bonds. The van der Waals surface area contributed by atoms with Crippen LogP contribution in [0.25, 0.3) is 0 Å². The fourth-order valence-corrected chi connectivity index (χ4v) is 1.44. The van der Waals surface area contributed by atoms with Crippen molar-refractivity contribution in [2.75, 3.05) is 10.7 Å². The van der Waals surface area contributed by atoms with E-state index in [0.717, 1.165) is 17.1 Å². The summed E-state index contributed by atoms with van der Waals surface area (Å²) in [5, 5.41) is 24.9. The van der Waals surface area contributed by atoms with Gasteiger partial charge < -0.3 is 10.8 Å². The molecular weight excluding hydrogens is 228 g/mol. The predicted octanol–water partition coefficient (Wildman–Crippen LogP) is 0.605. The minimum absolute atomic E-state index is 0.0854. The fourth-order valence-electron chi connectivity index (χ4n) is 1.44. The molecule has 2 rings (SSSR count). The molecule has 0 saturated carbocycles. The largest absolute Gasteiger partial charge is 0.504 e. The zero-order valence-electron chi connectivity index (χ0n) is 8.53. The molecule has 8 nitrogen and oxygen atoms in total. The third kappa shape index (κ3) is 1.75. The molecule has 1 aromatic rings. The van der Waals surface area contributed by atoms with E-state index in [1.54, 1.807) is 0 Å². The smallest absolute Gasteiger partial charge is 0.273 e. The minimum Gasteiger partial charge on any atom is -0.504 e. The molecule has 0 atom stereocenters. The van der Waals surface area contributed by atoms with Gasteiger partial charge in [-0.25, -0.2) is 0 Å². The van der Waals surface area contributed by atoms with Crippen LogP contribution in [0.3, 0.4) is 0 Å². The molecule has 0 saturated heterocycles. The number of hydrazone groups is 1. The average Bonchev–Trinajstić information content (AvgIpc) is 2.68. The second kappa shape index (κ2) is 3.74. The number of nitrogens with zero attached hydrogens (tertiary/aromatic N) is 3. The Kier molecular flexibility index (Phi) is 2.39. The van der Waals surface area contributed by atoms with Crippen molar-refractivity contribution < 1.29 is 14.8 Å². The van der Waals surface area contributed by atoms with Crippen LogP contribution < -0.4 is 10.7 Å². The van der Waals surface area contributed by atoms with Crippen molar-refractivity contribution in [3.8, 4) is 5.75 Å². The lowest BCUT2D eigenvalue weighted by Crippen LogP contribution is -2.20. The number of benzene rings is 1. The van der Waals surface area contributed by atoms with E-state index in [9.17, 15) is 20.0 Å². The van der Waals surface area contributed by atoms with Gasteiger partial charge in [-0.05, 0) is 0 Å². The fraction of sp³-hybridized carbons (Fsp3) is 0.111. The van der Waals surface area contributed by atoms with Gasteiger partial charge in [-0.3, -0.25) is 14.9 Å². The standard InChI is InChI=1S/C9H8N4O4/c10-6-3-5(13(16)17)4-7(9(6)15)12-8(14)1-2-11-12/h2-4,15H,1,10H2. The maximum absolute atomic E-state index is 11.4. The van der Waals surface area contributed by atoms with Gasteiger partial charge in [0.25, 0.3) is 11.6 Å². The third-order valence-corrected chi connectivity index (χ3v) is 2.24. The molecule has 0 bridgehead atoms. The van der Waals surface area contributed by atoms with Crippen LogP contribution in [0.5, 0.6) is 5.75 Å². The minimum atomic E-state index is -0.663. The van der Waals surface area contributed by atoms with Crippen molar-refractivity contribution in [3.05, 3.63) is 22.2 Å². The Balaban J connectivity index is 2.56. The van der Waals surface area contributed by atoms with Gasteiger partial charge in [0.05, 0.1) is 17.0 Å². The van der Waals surface area contributed by atoms with E-state index >= 15 is 0 Å². The van der Waals surface area contributed by atoms with Crippen LogP contribution in [0.2, 0.25) is 0 Å². The van der Waals surface area contributed by atoms with E-state index in [4.69, 9.17) is 5.73 Å².